The maximum atomic E-state index is 12.6. The Bertz CT molecular complexity index is 634. The van der Waals surface area contributed by atoms with Crippen LogP contribution in [0.3, 0.4) is 0 Å². The van der Waals surface area contributed by atoms with Gasteiger partial charge < -0.3 is 15.5 Å². The minimum absolute atomic E-state index is 0.101. The molecule has 0 radical (unpaired) electrons. The highest BCUT2D eigenvalue weighted by molar-refractivity contribution is 7.90. The van der Waals surface area contributed by atoms with Crippen LogP contribution in [0.4, 0.5) is 13.2 Å². The average Bonchev–Trinajstić information content (AvgIpc) is 2.66. The van der Waals surface area contributed by atoms with Gasteiger partial charge in [0, 0.05) is 39.3 Å². The lowest BCUT2D eigenvalue weighted by atomic mass is 10.0. The third-order valence-electron chi connectivity index (χ3n) is 5.59. The van der Waals surface area contributed by atoms with Crippen LogP contribution < -0.4 is 10.6 Å². The van der Waals surface area contributed by atoms with Crippen LogP contribution in [0.15, 0.2) is 4.99 Å². The highest BCUT2D eigenvalue weighted by atomic mass is 32.2. The lowest BCUT2D eigenvalue weighted by Crippen LogP contribution is -2.51. The molecule has 0 aromatic carbocycles. The summed E-state index contributed by atoms with van der Waals surface area (Å²) in [6.45, 7) is 6.24. The number of guanidine groups is 1. The summed E-state index contributed by atoms with van der Waals surface area (Å²) < 4.78 is 61.4. The van der Waals surface area contributed by atoms with E-state index in [1.165, 1.54) is 25.9 Å². The van der Waals surface area contributed by atoms with Crippen molar-refractivity contribution in [3.05, 3.63) is 0 Å². The number of alkyl halides is 3. The van der Waals surface area contributed by atoms with Crippen LogP contribution in [-0.4, -0.2) is 81.4 Å². The van der Waals surface area contributed by atoms with Crippen molar-refractivity contribution in [2.75, 3.05) is 46.3 Å². The Hall–Kier alpha value is -1.07. The second kappa shape index (κ2) is 10.8. The van der Waals surface area contributed by atoms with Gasteiger partial charge in [-0.2, -0.15) is 17.5 Å². The topological polar surface area (TPSA) is 77.0 Å². The molecule has 0 aromatic heterocycles. The Morgan fingerprint density at radius 1 is 1.14 bits per heavy atom. The average molecular weight is 442 g/mol. The molecule has 1 atom stereocenters. The van der Waals surface area contributed by atoms with Gasteiger partial charge in [0.25, 0.3) is 0 Å². The third-order valence-corrected chi connectivity index (χ3v) is 7.22. The molecule has 0 spiro atoms. The molecule has 170 valence electrons. The van der Waals surface area contributed by atoms with Crippen LogP contribution in [0.5, 0.6) is 0 Å². The first-order valence-electron chi connectivity index (χ1n) is 10.4. The number of unbranched alkanes of at least 4 members (excludes halogenated alkanes) is 1. The summed E-state index contributed by atoms with van der Waals surface area (Å²) in [6.07, 6.45) is 5.32. The molecule has 0 aliphatic carbocycles. The lowest BCUT2D eigenvalue weighted by molar-refractivity contribution is -0.0494. The SMILES string of the molecule is CN=C(NCCCCN1CCCC(C)C1)NC1CCN(S(=O)(=O)C(F)(F)F)CC1. The van der Waals surface area contributed by atoms with Crippen LogP contribution >= 0.6 is 0 Å². The van der Waals surface area contributed by atoms with E-state index >= 15 is 0 Å². The summed E-state index contributed by atoms with van der Waals surface area (Å²) in [5.41, 5.74) is -5.24. The van der Waals surface area contributed by atoms with Gasteiger partial charge in [-0.1, -0.05) is 6.92 Å². The maximum absolute atomic E-state index is 12.6. The van der Waals surface area contributed by atoms with E-state index in [4.69, 9.17) is 0 Å². The molecule has 11 heteroatoms. The van der Waals surface area contributed by atoms with Gasteiger partial charge in [-0.15, -0.1) is 0 Å². The summed E-state index contributed by atoms with van der Waals surface area (Å²) in [7, 11) is -3.59. The molecular weight excluding hydrogens is 407 g/mol. The van der Waals surface area contributed by atoms with Crippen LogP contribution in [0.1, 0.15) is 45.4 Å². The van der Waals surface area contributed by atoms with E-state index in [2.05, 4.69) is 27.4 Å². The van der Waals surface area contributed by atoms with Gasteiger partial charge in [-0.3, -0.25) is 4.99 Å². The lowest BCUT2D eigenvalue weighted by Gasteiger charge is -2.32. The minimum Gasteiger partial charge on any atom is -0.356 e. The largest absolute Gasteiger partial charge is 0.511 e. The van der Waals surface area contributed by atoms with Crippen molar-refractivity contribution in [3.63, 3.8) is 0 Å². The predicted molar refractivity (Wildman–Crippen MR) is 108 cm³/mol. The normalized spacial score (nSPS) is 23.9. The molecule has 2 rings (SSSR count). The molecule has 0 aromatic rings. The molecule has 0 amide bonds. The Labute approximate surface area is 172 Å². The molecule has 0 bridgehead atoms. The zero-order valence-electron chi connectivity index (χ0n) is 17.3. The third kappa shape index (κ3) is 7.29. The van der Waals surface area contributed by atoms with E-state index in [9.17, 15) is 21.6 Å². The van der Waals surface area contributed by atoms with Gasteiger partial charge in [-0.05, 0) is 57.5 Å². The standard InChI is InChI=1S/C18H34F3N5O2S/c1-15-6-5-11-25(14-15)10-4-3-9-23-17(22-2)24-16-7-12-26(13-8-16)29(27,28)18(19,20)21/h15-16H,3-14H2,1-2H3,(H2,22,23,24). The van der Waals surface area contributed by atoms with Gasteiger partial charge in [0.2, 0.25) is 0 Å². The fourth-order valence-electron chi connectivity index (χ4n) is 3.93. The first kappa shape index (κ1) is 24.2. The molecule has 2 saturated heterocycles. The van der Waals surface area contributed by atoms with Gasteiger partial charge >= 0.3 is 15.5 Å². The fraction of sp³-hybridized carbons (Fsp3) is 0.944. The number of hydrogen-bond donors (Lipinski definition) is 2. The molecule has 2 aliphatic rings. The summed E-state index contributed by atoms with van der Waals surface area (Å²) >= 11 is 0. The van der Waals surface area contributed by atoms with Crippen molar-refractivity contribution in [3.8, 4) is 0 Å². The highest BCUT2D eigenvalue weighted by Crippen LogP contribution is 2.28. The number of aliphatic imine (C=N–C) groups is 1. The quantitative estimate of drug-likeness (QED) is 0.359. The molecular formula is C18H34F3N5O2S. The first-order valence-corrected chi connectivity index (χ1v) is 11.8. The smallest absolute Gasteiger partial charge is 0.356 e. The minimum atomic E-state index is -5.24. The summed E-state index contributed by atoms with van der Waals surface area (Å²) in [5.74, 6) is 1.39. The molecule has 1 unspecified atom stereocenters. The molecule has 2 aliphatic heterocycles. The molecule has 2 heterocycles. The number of piperidine rings is 2. The number of sulfonamides is 1. The number of nitrogens with zero attached hydrogens (tertiary/aromatic N) is 3. The van der Waals surface area contributed by atoms with Crippen LogP contribution in [0, 0.1) is 5.92 Å². The molecule has 2 N–H and O–H groups in total. The summed E-state index contributed by atoms with van der Waals surface area (Å²) in [6, 6.07) is -0.101. The zero-order valence-corrected chi connectivity index (χ0v) is 18.2. The zero-order chi connectivity index (χ0) is 21.5. The maximum Gasteiger partial charge on any atom is 0.511 e. The van der Waals surface area contributed by atoms with Crippen molar-refractivity contribution in [1.29, 1.82) is 0 Å². The Balaban J connectivity index is 1.64. The second-order valence-electron chi connectivity index (χ2n) is 8.02. The Morgan fingerprint density at radius 2 is 1.83 bits per heavy atom. The van der Waals surface area contributed by atoms with Crippen molar-refractivity contribution < 1.29 is 21.6 Å². The van der Waals surface area contributed by atoms with Crippen molar-refractivity contribution in [2.24, 2.45) is 10.9 Å². The Morgan fingerprint density at radius 3 is 2.41 bits per heavy atom. The van der Waals surface area contributed by atoms with Gasteiger partial charge in [0.15, 0.2) is 5.96 Å². The number of likely N-dealkylation sites (tertiary alicyclic amines) is 1. The monoisotopic (exact) mass is 441 g/mol. The van der Waals surface area contributed by atoms with E-state index in [-0.39, 0.29) is 19.1 Å². The van der Waals surface area contributed by atoms with Crippen molar-refractivity contribution >= 4 is 16.0 Å². The first-order chi connectivity index (χ1) is 13.6. The van der Waals surface area contributed by atoms with Crippen molar-refractivity contribution in [2.45, 2.75) is 57.0 Å². The van der Waals surface area contributed by atoms with E-state index in [1.54, 1.807) is 7.05 Å². The summed E-state index contributed by atoms with van der Waals surface area (Å²) in [4.78, 5) is 6.68. The van der Waals surface area contributed by atoms with Crippen LogP contribution in [0.2, 0.25) is 0 Å². The summed E-state index contributed by atoms with van der Waals surface area (Å²) in [5, 5.41) is 6.43. The van der Waals surface area contributed by atoms with E-state index in [0.29, 0.717) is 23.1 Å². The number of halogens is 3. The fourth-order valence-corrected chi connectivity index (χ4v) is 4.92. The Kier molecular flexibility index (Phi) is 9.02. The van der Waals surface area contributed by atoms with Crippen molar-refractivity contribution in [1.82, 2.24) is 19.8 Å². The number of hydrogen-bond acceptors (Lipinski definition) is 4. The molecule has 7 nitrogen and oxygen atoms in total. The van der Waals surface area contributed by atoms with E-state index in [1.807, 2.05) is 0 Å². The van der Waals surface area contributed by atoms with Gasteiger partial charge in [0.05, 0.1) is 0 Å². The molecule has 2 fully saturated rings. The number of nitrogens with one attached hydrogen (secondary N) is 2. The van der Waals surface area contributed by atoms with Gasteiger partial charge in [0.1, 0.15) is 0 Å². The highest BCUT2D eigenvalue weighted by Gasteiger charge is 2.50. The number of rotatable bonds is 7. The van der Waals surface area contributed by atoms with Crippen LogP contribution in [0.25, 0.3) is 0 Å². The van der Waals surface area contributed by atoms with E-state index in [0.717, 1.165) is 31.8 Å². The molecule has 0 saturated carbocycles. The second-order valence-corrected chi connectivity index (χ2v) is 9.95. The van der Waals surface area contributed by atoms with E-state index < -0.39 is 15.5 Å². The molecule has 29 heavy (non-hydrogen) atoms. The predicted octanol–water partition coefficient (Wildman–Crippen LogP) is 1.98. The van der Waals surface area contributed by atoms with Crippen LogP contribution in [-0.2, 0) is 10.0 Å². The van der Waals surface area contributed by atoms with Gasteiger partial charge in [-0.25, -0.2) is 8.42 Å².